The maximum Gasteiger partial charge on any atom is 0.303 e. The molecule has 2 amide bonds. The summed E-state index contributed by atoms with van der Waals surface area (Å²) in [6.07, 6.45) is -1.41. The third-order valence-corrected chi connectivity index (χ3v) is 7.51. The molecular weight excluding hydrogens is 544 g/mol. The van der Waals surface area contributed by atoms with Gasteiger partial charge in [0.25, 0.3) is 5.91 Å². The van der Waals surface area contributed by atoms with Crippen molar-refractivity contribution in [2.75, 3.05) is 16.4 Å². The first-order valence-electron chi connectivity index (χ1n) is 13.3. The average molecular weight is 579 g/mol. The van der Waals surface area contributed by atoms with E-state index >= 15 is 0 Å². The van der Waals surface area contributed by atoms with Gasteiger partial charge in [0, 0.05) is 47.9 Å². The summed E-state index contributed by atoms with van der Waals surface area (Å²) in [5.41, 5.74) is 3.79. The Bertz CT molecular complexity index is 1350. The molecule has 3 aromatic rings. The van der Waals surface area contributed by atoms with Crippen LogP contribution >= 0.6 is 11.8 Å². The number of rotatable bonds is 10. The van der Waals surface area contributed by atoms with E-state index in [9.17, 15) is 19.5 Å². The molecule has 1 saturated heterocycles. The van der Waals surface area contributed by atoms with Crippen LogP contribution in [0.5, 0.6) is 0 Å². The molecule has 4 atom stereocenters. The van der Waals surface area contributed by atoms with Crippen LogP contribution in [0, 0.1) is 0 Å². The Balaban J connectivity index is 1.50. The Morgan fingerprint density at radius 2 is 1.68 bits per heavy atom. The van der Waals surface area contributed by atoms with Crippen molar-refractivity contribution in [2.24, 2.45) is 0 Å². The molecule has 0 saturated carbocycles. The molecule has 1 aliphatic heterocycles. The molecule has 3 aromatic carbocycles. The van der Waals surface area contributed by atoms with Crippen molar-refractivity contribution in [1.82, 2.24) is 0 Å². The first-order chi connectivity index (χ1) is 19.7. The molecule has 0 aromatic heterocycles. The molecule has 0 bridgehead atoms. The van der Waals surface area contributed by atoms with Crippen molar-refractivity contribution >= 4 is 40.9 Å². The fourth-order valence-electron chi connectivity index (χ4n) is 4.36. The van der Waals surface area contributed by atoms with Gasteiger partial charge >= 0.3 is 5.97 Å². The van der Waals surface area contributed by atoms with Gasteiger partial charge < -0.3 is 30.0 Å². The molecule has 1 aliphatic rings. The van der Waals surface area contributed by atoms with Crippen LogP contribution in [0.2, 0.25) is 0 Å². The Morgan fingerprint density at radius 3 is 2.34 bits per heavy atom. The maximum atomic E-state index is 12.5. The number of nitrogens with one attached hydrogen (secondary N) is 2. The monoisotopic (exact) mass is 578 g/mol. The van der Waals surface area contributed by atoms with Gasteiger partial charge in [-0.15, -0.1) is 11.8 Å². The van der Waals surface area contributed by atoms with Gasteiger partial charge in [-0.05, 0) is 54.4 Å². The van der Waals surface area contributed by atoms with Crippen molar-refractivity contribution < 1.29 is 33.7 Å². The summed E-state index contributed by atoms with van der Waals surface area (Å²) in [6.45, 7) is 4.20. The van der Waals surface area contributed by atoms with Gasteiger partial charge in [0.2, 0.25) is 5.91 Å². The average Bonchev–Trinajstić information content (AvgIpc) is 2.96. The molecule has 1 fully saturated rings. The predicted octanol–water partition coefficient (Wildman–Crippen LogP) is 5.37. The lowest BCUT2D eigenvalue weighted by Gasteiger charge is -2.36. The summed E-state index contributed by atoms with van der Waals surface area (Å²) in [5, 5.41) is 15.0. The molecule has 3 N–H and O–H groups in total. The second-order valence-corrected chi connectivity index (χ2v) is 10.8. The first kappa shape index (κ1) is 30.3. The van der Waals surface area contributed by atoms with Gasteiger partial charge in [0.1, 0.15) is 0 Å². The van der Waals surface area contributed by atoms with E-state index in [-0.39, 0.29) is 24.7 Å². The minimum absolute atomic E-state index is 0.0356. The standard InChI is InChI=1S/C31H34N2O7S/c1-19(38-21(3)36)30(37)33-26-6-4-5-24(15-26)31-39-27(16-29(40-31)23-9-7-22(17-34)8-10-23)18-41-28-13-11-25(12-14-28)32-20(2)35/h4-15,19,27,29,31,34H,16-18H2,1-3H3,(H,32,35)(H,33,37). The van der Waals surface area contributed by atoms with Crippen molar-refractivity contribution in [1.29, 1.82) is 0 Å². The van der Waals surface area contributed by atoms with Crippen LogP contribution in [0.1, 0.15) is 56.3 Å². The number of aliphatic hydroxyl groups is 1. The Labute approximate surface area is 243 Å². The molecule has 0 radical (unpaired) electrons. The Kier molecular flexibility index (Phi) is 10.5. The van der Waals surface area contributed by atoms with Crippen LogP contribution in [-0.4, -0.2) is 40.9 Å². The normalized spacial score (nSPS) is 19.2. The molecular formula is C31H34N2O7S. The quantitative estimate of drug-likeness (QED) is 0.217. The highest BCUT2D eigenvalue weighted by atomic mass is 32.2. The minimum atomic E-state index is -0.932. The Morgan fingerprint density at radius 1 is 0.951 bits per heavy atom. The molecule has 0 aliphatic carbocycles. The van der Waals surface area contributed by atoms with Crippen molar-refractivity contribution in [3.63, 3.8) is 0 Å². The summed E-state index contributed by atoms with van der Waals surface area (Å²) in [7, 11) is 0. The van der Waals surface area contributed by atoms with E-state index in [2.05, 4.69) is 10.6 Å². The number of hydrogen-bond acceptors (Lipinski definition) is 8. The van der Waals surface area contributed by atoms with Crippen LogP contribution in [0.3, 0.4) is 0 Å². The zero-order valence-electron chi connectivity index (χ0n) is 23.2. The van der Waals surface area contributed by atoms with Crippen LogP contribution in [-0.2, 0) is 35.2 Å². The highest BCUT2D eigenvalue weighted by molar-refractivity contribution is 7.99. The molecule has 10 heteroatoms. The smallest absolute Gasteiger partial charge is 0.303 e. The second-order valence-electron chi connectivity index (χ2n) is 9.73. The zero-order chi connectivity index (χ0) is 29.4. The Hall–Kier alpha value is -3.70. The fourth-order valence-corrected chi connectivity index (χ4v) is 5.28. The third kappa shape index (κ3) is 8.89. The van der Waals surface area contributed by atoms with Crippen molar-refractivity contribution in [3.05, 3.63) is 89.5 Å². The number of benzene rings is 3. The number of anilines is 2. The molecule has 1 heterocycles. The van der Waals surface area contributed by atoms with Crippen LogP contribution in [0.25, 0.3) is 0 Å². The van der Waals surface area contributed by atoms with Gasteiger partial charge in [0.15, 0.2) is 12.4 Å². The minimum Gasteiger partial charge on any atom is -0.453 e. The number of aliphatic hydroxyl groups excluding tert-OH is 1. The SMILES string of the molecule is CC(=O)Nc1ccc(SCC2CC(c3ccc(CO)cc3)OC(c3cccc(NC(=O)C(C)OC(C)=O)c3)O2)cc1. The maximum absolute atomic E-state index is 12.5. The summed E-state index contributed by atoms with van der Waals surface area (Å²) < 4.78 is 17.8. The lowest BCUT2D eigenvalue weighted by molar-refractivity contribution is -0.245. The topological polar surface area (TPSA) is 123 Å². The lowest BCUT2D eigenvalue weighted by Crippen LogP contribution is -2.31. The highest BCUT2D eigenvalue weighted by Gasteiger charge is 2.32. The number of esters is 1. The number of amides is 2. The van der Waals surface area contributed by atoms with Crippen LogP contribution in [0.15, 0.2) is 77.7 Å². The number of carbonyl (C=O) groups excluding carboxylic acids is 3. The van der Waals surface area contributed by atoms with Crippen LogP contribution < -0.4 is 10.6 Å². The van der Waals surface area contributed by atoms with E-state index in [1.807, 2.05) is 54.6 Å². The predicted molar refractivity (Wildman–Crippen MR) is 156 cm³/mol. The van der Waals surface area contributed by atoms with Gasteiger partial charge in [-0.25, -0.2) is 0 Å². The molecule has 0 spiro atoms. The van der Waals surface area contributed by atoms with Gasteiger partial charge in [-0.3, -0.25) is 14.4 Å². The zero-order valence-corrected chi connectivity index (χ0v) is 24.0. The number of carbonyl (C=O) groups is 3. The van der Waals surface area contributed by atoms with E-state index in [0.29, 0.717) is 17.9 Å². The van der Waals surface area contributed by atoms with E-state index in [0.717, 1.165) is 27.3 Å². The number of hydrogen-bond donors (Lipinski definition) is 3. The van der Waals surface area contributed by atoms with Crippen molar-refractivity contribution in [3.8, 4) is 0 Å². The fraction of sp³-hybridized carbons (Fsp3) is 0.323. The number of thioether (sulfide) groups is 1. The molecule has 4 unspecified atom stereocenters. The van der Waals surface area contributed by atoms with Crippen LogP contribution in [0.4, 0.5) is 11.4 Å². The van der Waals surface area contributed by atoms with E-state index < -0.39 is 24.3 Å². The molecule has 9 nitrogen and oxygen atoms in total. The van der Waals surface area contributed by atoms with Gasteiger partial charge in [0.05, 0.1) is 18.8 Å². The lowest BCUT2D eigenvalue weighted by atomic mass is 10.0. The van der Waals surface area contributed by atoms with E-state index in [4.69, 9.17) is 14.2 Å². The molecule has 4 rings (SSSR count). The first-order valence-corrected chi connectivity index (χ1v) is 14.3. The number of ether oxygens (including phenoxy) is 3. The summed E-state index contributed by atoms with van der Waals surface area (Å²) in [5.74, 6) is -0.423. The van der Waals surface area contributed by atoms with E-state index in [1.54, 1.807) is 30.0 Å². The second kappa shape index (κ2) is 14.3. The largest absolute Gasteiger partial charge is 0.453 e. The summed E-state index contributed by atoms with van der Waals surface area (Å²) in [6, 6.07) is 22.5. The summed E-state index contributed by atoms with van der Waals surface area (Å²) >= 11 is 1.65. The molecule has 41 heavy (non-hydrogen) atoms. The highest BCUT2D eigenvalue weighted by Crippen LogP contribution is 2.40. The van der Waals surface area contributed by atoms with Crippen molar-refractivity contribution in [2.45, 2.75) is 63.3 Å². The summed E-state index contributed by atoms with van der Waals surface area (Å²) in [4.78, 5) is 36.0. The molecule has 216 valence electrons. The van der Waals surface area contributed by atoms with Gasteiger partial charge in [-0.2, -0.15) is 0 Å². The van der Waals surface area contributed by atoms with E-state index in [1.165, 1.54) is 20.8 Å². The van der Waals surface area contributed by atoms with Gasteiger partial charge in [-0.1, -0.05) is 36.4 Å². The third-order valence-electron chi connectivity index (χ3n) is 6.36.